The Bertz CT molecular complexity index is 367. The number of hydrogen-bond donors (Lipinski definition) is 0. The van der Waals surface area contributed by atoms with Gasteiger partial charge in [0.15, 0.2) is 0 Å². The van der Waals surface area contributed by atoms with Gasteiger partial charge in [-0.3, -0.25) is 0 Å². The molecule has 92 valence electrons. The molecule has 0 spiro atoms. The van der Waals surface area contributed by atoms with Crippen LogP contribution in [0.15, 0.2) is 35.5 Å². The minimum absolute atomic E-state index is 0.0454. The molecule has 0 radical (unpaired) electrons. The van der Waals surface area contributed by atoms with Crippen LogP contribution in [0.1, 0.15) is 18.4 Å². The summed E-state index contributed by atoms with van der Waals surface area (Å²) in [6.45, 7) is 2.20. The van der Waals surface area contributed by atoms with Gasteiger partial charge in [-0.15, -0.1) is 0 Å². The molecular formula is C14H20N2O. The summed E-state index contributed by atoms with van der Waals surface area (Å²) in [5, 5.41) is 4.03. The van der Waals surface area contributed by atoms with Crippen LogP contribution in [0.2, 0.25) is 0 Å². The van der Waals surface area contributed by atoms with Crippen LogP contribution in [0, 0.1) is 0 Å². The molecule has 0 atom stereocenters. The molecule has 1 aromatic carbocycles. The van der Waals surface area contributed by atoms with E-state index in [-0.39, 0.29) is 5.41 Å². The lowest BCUT2D eigenvalue weighted by molar-refractivity contribution is 0.200. The topological polar surface area (TPSA) is 24.8 Å². The van der Waals surface area contributed by atoms with Crippen molar-refractivity contribution >= 4 is 6.21 Å². The molecule has 0 saturated carbocycles. The smallest absolute Gasteiger partial charge is 0.106 e. The Hall–Kier alpha value is -1.35. The summed E-state index contributed by atoms with van der Waals surface area (Å²) in [6.07, 6.45) is 4.18. The maximum absolute atomic E-state index is 4.87. The maximum Gasteiger partial charge on any atom is 0.106 e. The van der Waals surface area contributed by atoms with Gasteiger partial charge in [-0.2, -0.15) is 0 Å². The second-order valence-corrected chi connectivity index (χ2v) is 4.74. The molecule has 1 heterocycles. The van der Waals surface area contributed by atoms with Crippen LogP contribution in [0.5, 0.6) is 0 Å². The van der Waals surface area contributed by atoms with Crippen LogP contribution < -0.4 is 0 Å². The SMILES string of the molecule is CON=CC1(c2ccccc2)CCN(C)CC1. The Morgan fingerprint density at radius 3 is 2.47 bits per heavy atom. The largest absolute Gasteiger partial charge is 0.399 e. The molecule has 17 heavy (non-hydrogen) atoms. The van der Waals surface area contributed by atoms with Gasteiger partial charge in [0, 0.05) is 5.41 Å². The summed E-state index contributed by atoms with van der Waals surface area (Å²) in [4.78, 5) is 7.24. The third-order valence-electron chi connectivity index (χ3n) is 3.63. The van der Waals surface area contributed by atoms with Gasteiger partial charge >= 0.3 is 0 Å². The zero-order chi connectivity index (χ0) is 12.1. The van der Waals surface area contributed by atoms with E-state index in [1.165, 1.54) is 5.56 Å². The van der Waals surface area contributed by atoms with E-state index in [2.05, 4.69) is 47.4 Å². The van der Waals surface area contributed by atoms with Crippen LogP contribution in [0.25, 0.3) is 0 Å². The standard InChI is InChI=1S/C14H20N2O/c1-16-10-8-14(9-11-16,12-15-17-2)13-6-4-3-5-7-13/h3-7,12H,8-11H2,1-2H3. The molecule has 0 aliphatic carbocycles. The number of hydrogen-bond acceptors (Lipinski definition) is 3. The fourth-order valence-electron chi connectivity index (χ4n) is 2.43. The first-order valence-electron chi connectivity index (χ1n) is 6.09. The zero-order valence-corrected chi connectivity index (χ0v) is 10.6. The first kappa shape index (κ1) is 12.1. The number of piperidine rings is 1. The Morgan fingerprint density at radius 2 is 1.88 bits per heavy atom. The quantitative estimate of drug-likeness (QED) is 0.590. The second kappa shape index (κ2) is 5.32. The third-order valence-corrected chi connectivity index (χ3v) is 3.63. The zero-order valence-electron chi connectivity index (χ0n) is 10.6. The van der Waals surface area contributed by atoms with E-state index in [0.717, 1.165) is 25.9 Å². The van der Waals surface area contributed by atoms with Gasteiger partial charge in [-0.05, 0) is 38.5 Å². The average molecular weight is 232 g/mol. The minimum Gasteiger partial charge on any atom is -0.399 e. The molecular weight excluding hydrogens is 212 g/mol. The van der Waals surface area contributed by atoms with Crippen molar-refractivity contribution in [1.29, 1.82) is 0 Å². The van der Waals surface area contributed by atoms with E-state index in [9.17, 15) is 0 Å². The van der Waals surface area contributed by atoms with Crippen molar-refractivity contribution in [2.75, 3.05) is 27.2 Å². The monoisotopic (exact) mass is 232 g/mol. The molecule has 1 aromatic rings. The molecule has 0 bridgehead atoms. The van der Waals surface area contributed by atoms with Gasteiger partial charge in [0.05, 0.1) is 6.21 Å². The molecule has 3 nitrogen and oxygen atoms in total. The van der Waals surface area contributed by atoms with Crippen LogP contribution in [0.3, 0.4) is 0 Å². The van der Waals surface area contributed by atoms with Crippen LogP contribution >= 0.6 is 0 Å². The summed E-state index contributed by atoms with van der Waals surface area (Å²) in [7, 11) is 3.77. The number of benzene rings is 1. The van der Waals surface area contributed by atoms with Gasteiger partial charge in [0.2, 0.25) is 0 Å². The number of rotatable bonds is 3. The predicted octanol–water partition coefficient (Wildman–Crippen LogP) is 2.28. The molecule has 2 rings (SSSR count). The molecule has 0 N–H and O–H groups in total. The molecule has 1 fully saturated rings. The Labute approximate surface area is 103 Å². The highest BCUT2D eigenvalue weighted by molar-refractivity contribution is 5.73. The number of nitrogens with zero attached hydrogens (tertiary/aromatic N) is 2. The molecule has 1 saturated heterocycles. The van der Waals surface area contributed by atoms with E-state index in [0.29, 0.717) is 0 Å². The number of likely N-dealkylation sites (tertiary alicyclic amines) is 1. The van der Waals surface area contributed by atoms with Gasteiger partial charge in [0.1, 0.15) is 7.11 Å². The molecule has 0 unspecified atom stereocenters. The van der Waals surface area contributed by atoms with Crippen molar-refractivity contribution in [3.63, 3.8) is 0 Å². The lowest BCUT2D eigenvalue weighted by atomic mass is 9.74. The van der Waals surface area contributed by atoms with Gasteiger partial charge in [0.25, 0.3) is 0 Å². The second-order valence-electron chi connectivity index (χ2n) is 4.74. The summed E-state index contributed by atoms with van der Waals surface area (Å²) < 4.78 is 0. The molecule has 3 heteroatoms. The lowest BCUT2D eigenvalue weighted by Gasteiger charge is -2.38. The van der Waals surface area contributed by atoms with E-state index in [1.54, 1.807) is 7.11 Å². The van der Waals surface area contributed by atoms with Gasteiger partial charge in [-0.1, -0.05) is 35.5 Å². The first-order valence-corrected chi connectivity index (χ1v) is 6.09. The highest BCUT2D eigenvalue weighted by Crippen LogP contribution is 2.33. The number of oxime groups is 1. The fraction of sp³-hybridized carbons (Fsp3) is 0.500. The Balaban J connectivity index is 2.28. The highest BCUT2D eigenvalue weighted by atomic mass is 16.6. The van der Waals surface area contributed by atoms with Crippen molar-refractivity contribution in [2.24, 2.45) is 5.16 Å². The first-order chi connectivity index (χ1) is 8.27. The van der Waals surface area contributed by atoms with Crippen LogP contribution in [0.4, 0.5) is 0 Å². The fourth-order valence-corrected chi connectivity index (χ4v) is 2.43. The normalized spacial score (nSPS) is 20.6. The maximum atomic E-state index is 4.87. The summed E-state index contributed by atoms with van der Waals surface area (Å²) in [5.74, 6) is 0. The summed E-state index contributed by atoms with van der Waals surface area (Å²) >= 11 is 0. The van der Waals surface area contributed by atoms with Crippen LogP contribution in [-0.2, 0) is 10.3 Å². The van der Waals surface area contributed by atoms with E-state index < -0.39 is 0 Å². The summed E-state index contributed by atoms with van der Waals surface area (Å²) in [5.41, 5.74) is 1.39. The van der Waals surface area contributed by atoms with Gasteiger partial charge in [-0.25, -0.2) is 0 Å². The van der Waals surface area contributed by atoms with Crippen molar-refractivity contribution in [3.8, 4) is 0 Å². The molecule has 1 aliphatic heterocycles. The Kier molecular flexibility index (Phi) is 3.79. The van der Waals surface area contributed by atoms with Gasteiger partial charge < -0.3 is 9.74 Å². The van der Waals surface area contributed by atoms with E-state index in [4.69, 9.17) is 4.84 Å². The highest BCUT2D eigenvalue weighted by Gasteiger charge is 2.34. The van der Waals surface area contributed by atoms with Crippen molar-refractivity contribution in [1.82, 2.24) is 4.90 Å². The third kappa shape index (κ3) is 2.67. The van der Waals surface area contributed by atoms with E-state index >= 15 is 0 Å². The average Bonchev–Trinajstić information content (AvgIpc) is 2.40. The van der Waals surface area contributed by atoms with Crippen molar-refractivity contribution in [3.05, 3.63) is 35.9 Å². The Morgan fingerprint density at radius 1 is 1.24 bits per heavy atom. The molecule has 0 amide bonds. The van der Waals surface area contributed by atoms with E-state index in [1.807, 2.05) is 6.21 Å². The van der Waals surface area contributed by atoms with Crippen molar-refractivity contribution < 1.29 is 4.84 Å². The molecule has 0 aromatic heterocycles. The lowest BCUT2D eigenvalue weighted by Crippen LogP contribution is -2.42. The van der Waals surface area contributed by atoms with Crippen LogP contribution in [-0.4, -0.2) is 38.4 Å². The predicted molar refractivity (Wildman–Crippen MR) is 70.4 cm³/mol. The summed E-state index contributed by atoms with van der Waals surface area (Å²) in [6, 6.07) is 10.6. The minimum atomic E-state index is 0.0454. The molecule has 1 aliphatic rings. The van der Waals surface area contributed by atoms with Crippen molar-refractivity contribution in [2.45, 2.75) is 18.3 Å².